The fourth-order valence-corrected chi connectivity index (χ4v) is 2.75. The van der Waals surface area contributed by atoms with Crippen molar-refractivity contribution in [2.24, 2.45) is 5.92 Å². The Bertz CT molecular complexity index is 385. The van der Waals surface area contributed by atoms with Crippen LogP contribution >= 0.6 is 0 Å². The van der Waals surface area contributed by atoms with E-state index in [0.29, 0.717) is 24.1 Å². The Morgan fingerprint density at radius 1 is 1.16 bits per heavy atom. The SMILES string of the molecule is Cc1ccc([C@H](C)NC2CCOC(C(C)C)C2)cc1. The first kappa shape index (κ1) is 14.5. The fourth-order valence-electron chi connectivity index (χ4n) is 2.75. The molecule has 0 aliphatic carbocycles. The fraction of sp³-hybridized carbons (Fsp3) is 0.647. The summed E-state index contributed by atoms with van der Waals surface area (Å²) in [6, 6.07) is 9.83. The molecule has 0 aromatic heterocycles. The van der Waals surface area contributed by atoms with Crippen LogP contribution in [0.5, 0.6) is 0 Å². The lowest BCUT2D eigenvalue weighted by Crippen LogP contribution is -2.41. The zero-order valence-corrected chi connectivity index (χ0v) is 12.6. The van der Waals surface area contributed by atoms with Crippen LogP contribution in [0.3, 0.4) is 0 Å². The summed E-state index contributed by atoms with van der Waals surface area (Å²) in [5, 5.41) is 3.76. The number of hydrogen-bond acceptors (Lipinski definition) is 2. The quantitative estimate of drug-likeness (QED) is 0.889. The molecule has 1 fully saturated rings. The Labute approximate surface area is 117 Å². The summed E-state index contributed by atoms with van der Waals surface area (Å²) in [6.45, 7) is 9.77. The van der Waals surface area contributed by atoms with Gasteiger partial charge in [-0.1, -0.05) is 43.7 Å². The predicted octanol–water partition coefficient (Wildman–Crippen LogP) is 3.85. The summed E-state index contributed by atoms with van der Waals surface area (Å²) in [5.74, 6) is 0.610. The molecule has 1 N–H and O–H groups in total. The van der Waals surface area contributed by atoms with Gasteiger partial charge in [-0.2, -0.15) is 0 Å². The molecule has 1 aliphatic rings. The minimum Gasteiger partial charge on any atom is -0.378 e. The van der Waals surface area contributed by atoms with Gasteiger partial charge in [-0.05, 0) is 38.2 Å². The van der Waals surface area contributed by atoms with Gasteiger partial charge in [0.05, 0.1) is 6.10 Å². The van der Waals surface area contributed by atoms with Gasteiger partial charge in [-0.3, -0.25) is 0 Å². The molecule has 1 aliphatic heterocycles. The molecule has 2 unspecified atom stereocenters. The predicted molar refractivity (Wildman–Crippen MR) is 80.3 cm³/mol. The number of nitrogens with one attached hydrogen (secondary N) is 1. The zero-order chi connectivity index (χ0) is 13.8. The Hall–Kier alpha value is -0.860. The van der Waals surface area contributed by atoms with E-state index in [4.69, 9.17) is 4.74 Å². The van der Waals surface area contributed by atoms with Crippen molar-refractivity contribution < 1.29 is 4.74 Å². The van der Waals surface area contributed by atoms with Crippen molar-refractivity contribution in [3.8, 4) is 0 Å². The molecule has 1 aromatic rings. The highest BCUT2D eigenvalue weighted by atomic mass is 16.5. The van der Waals surface area contributed by atoms with Gasteiger partial charge in [0.15, 0.2) is 0 Å². The van der Waals surface area contributed by atoms with Crippen molar-refractivity contribution in [2.75, 3.05) is 6.61 Å². The average molecular weight is 261 g/mol. The van der Waals surface area contributed by atoms with Crippen molar-refractivity contribution in [1.82, 2.24) is 5.32 Å². The molecular weight excluding hydrogens is 234 g/mol. The maximum atomic E-state index is 5.83. The van der Waals surface area contributed by atoms with Gasteiger partial charge in [-0.15, -0.1) is 0 Å². The monoisotopic (exact) mass is 261 g/mol. The lowest BCUT2D eigenvalue weighted by molar-refractivity contribution is -0.0256. The first-order valence-electron chi connectivity index (χ1n) is 7.50. The van der Waals surface area contributed by atoms with Crippen molar-refractivity contribution in [2.45, 2.75) is 58.7 Å². The van der Waals surface area contributed by atoms with Gasteiger partial charge >= 0.3 is 0 Å². The number of rotatable bonds is 4. The normalized spacial score (nSPS) is 25.5. The van der Waals surface area contributed by atoms with Crippen molar-refractivity contribution in [3.63, 3.8) is 0 Å². The third kappa shape index (κ3) is 4.05. The Morgan fingerprint density at radius 2 is 1.84 bits per heavy atom. The largest absolute Gasteiger partial charge is 0.378 e. The smallest absolute Gasteiger partial charge is 0.0612 e. The molecule has 1 aromatic carbocycles. The number of hydrogen-bond donors (Lipinski definition) is 1. The van der Waals surface area contributed by atoms with Gasteiger partial charge < -0.3 is 10.1 Å². The van der Waals surface area contributed by atoms with E-state index in [0.717, 1.165) is 19.4 Å². The van der Waals surface area contributed by atoms with E-state index in [9.17, 15) is 0 Å². The maximum absolute atomic E-state index is 5.83. The summed E-state index contributed by atoms with van der Waals surface area (Å²) in [4.78, 5) is 0. The van der Waals surface area contributed by atoms with Gasteiger partial charge in [0.25, 0.3) is 0 Å². The van der Waals surface area contributed by atoms with Crippen LogP contribution in [0.25, 0.3) is 0 Å². The molecule has 0 saturated carbocycles. The van der Waals surface area contributed by atoms with Crippen LogP contribution in [0, 0.1) is 12.8 Å². The van der Waals surface area contributed by atoms with Gasteiger partial charge in [-0.25, -0.2) is 0 Å². The van der Waals surface area contributed by atoms with E-state index in [1.165, 1.54) is 11.1 Å². The molecule has 1 heterocycles. The van der Waals surface area contributed by atoms with Crippen LogP contribution < -0.4 is 5.32 Å². The number of ether oxygens (including phenoxy) is 1. The third-order valence-electron chi connectivity index (χ3n) is 4.12. The van der Waals surface area contributed by atoms with Crippen LogP contribution in [-0.2, 0) is 4.74 Å². The Kier molecular flexibility index (Phi) is 5.00. The van der Waals surface area contributed by atoms with Gasteiger partial charge in [0.2, 0.25) is 0 Å². The highest BCUT2D eigenvalue weighted by Gasteiger charge is 2.25. The first-order chi connectivity index (χ1) is 9.06. The van der Waals surface area contributed by atoms with E-state index in [2.05, 4.69) is 57.3 Å². The molecule has 2 nitrogen and oxygen atoms in total. The standard InChI is InChI=1S/C17H27NO/c1-12(2)17-11-16(9-10-19-17)18-14(4)15-7-5-13(3)6-8-15/h5-8,12,14,16-18H,9-11H2,1-4H3/t14-,16?,17?/m0/s1. The van der Waals surface area contributed by atoms with Crippen LogP contribution in [0.4, 0.5) is 0 Å². The second-order valence-corrected chi connectivity index (χ2v) is 6.17. The van der Waals surface area contributed by atoms with Gasteiger partial charge in [0.1, 0.15) is 0 Å². The minimum atomic E-state index is 0.413. The minimum absolute atomic E-state index is 0.413. The van der Waals surface area contributed by atoms with E-state index >= 15 is 0 Å². The second-order valence-electron chi connectivity index (χ2n) is 6.17. The molecule has 3 atom stereocenters. The molecule has 2 heteroatoms. The highest BCUT2D eigenvalue weighted by Crippen LogP contribution is 2.23. The molecule has 0 amide bonds. The van der Waals surface area contributed by atoms with Crippen molar-refractivity contribution in [3.05, 3.63) is 35.4 Å². The molecular formula is C17H27NO. The summed E-state index contributed by atoms with van der Waals surface area (Å²) >= 11 is 0. The maximum Gasteiger partial charge on any atom is 0.0612 e. The highest BCUT2D eigenvalue weighted by molar-refractivity contribution is 5.23. The first-order valence-corrected chi connectivity index (χ1v) is 7.50. The van der Waals surface area contributed by atoms with E-state index < -0.39 is 0 Å². The molecule has 0 bridgehead atoms. The van der Waals surface area contributed by atoms with Crippen LogP contribution in [0.1, 0.15) is 50.8 Å². The lowest BCUT2D eigenvalue weighted by atomic mass is 9.94. The molecule has 1 saturated heterocycles. The van der Waals surface area contributed by atoms with Crippen LogP contribution in [0.15, 0.2) is 24.3 Å². The van der Waals surface area contributed by atoms with Crippen molar-refractivity contribution >= 4 is 0 Å². The lowest BCUT2D eigenvalue weighted by Gasteiger charge is -2.34. The molecule has 106 valence electrons. The summed E-state index contributed by atoms with van der Waals surface area (Å²) in [7, 11) is 0. The number of benzene rings is 1. The zero-order valence-electron chi connectivity index (χ0n) is 12.6. The van der Waals surface area contributed by atoms with Crippen molar-refractivity contribution in [1.29, 1.82) is 0 Å². The van der Waals surface area contributed by atoms with E-state index in [-0.39, 0.29) is 0 Å². The van der Waals surface area contributed by atoms with Gasteiger partial charge in [0, 0.05) is 18.7 Å². The molecule has 19 heavy (non-hydrogen) atoms. The number of aryl methyl sites for hydroxylation is 1. The molecule has 0 radical (unpaired) electrons. The summed E-state index contributed by atoms with van der Waals surface area (Å²) in [5.41, 5.74) is 2.69. The molecule has 0 spiro atoms. The second kappa shape index (κ2) is 6.53. The Morgan fingerprint density at radius 3 is 2.47 bits per heavy atom. The topological polar surface area (TPSA) is 21.3 Å². The third-order valence-corrected chi connectivity index (χ3v) is 4.12. The van der Waals surface area contributed by atoms with E-state index in [1.807, 2.05) is 0 Å². The Balaban J connectivity index is 1.91. The average Bonchev–Trinajstić information content (AvgIpc) is 2.39. The van der Waals surface area contributed by atoms with Crippen LogP contribution in [-0.4, -0.2) is 18.8 Å². The molecule has 2 rings (SSSR count). The van der Waals surface area contributed by atoms with Crippen LogP contribution in [0.2, 0.25) is 0 Å². The van der Waals surface area contributed by atoms with E-state index in [1.54, 1.807) is 0 Å². The summed E-state index contributed by atoms with van der Waals surface area (Å²) < 4.78 is 5.83. The summed E-state index contributed by atoms with van der Waals surface area (Å²) in [6.07, 6.45) is 2.67.